The Bertz CT molecular complexity index is 383. The third kappa shape index (κ3) is 5.98. The van der Waals surface area contributed by atoms with Gasteiger partial charge in [0, 0.05) is 16.6 Å². The van der Waals surface area contributed by atoms with Crippen LogP contribution in [0.15, 0.2) is 22.7 Å². The van der Waals surface area contributed by atoms with Crippen molar-refractivity contribution < 1.29 is 0 Å². The summed E-state index contributed by atoms with van der Waals surface area (Å²) >= 11 is 3.53. The van der Waals surface area contributed by atoms with Gasteiger partial charge in [-0.15, -0.1) is 0 Å². The fraction of sp³-hybridized carbons (Fsp3) is 0.600. The van der Waals surface area contributed by atoms with E-state index in [4.69, 9.17) is 5.73 Å². The molecule has 0 heterocycles. The number of nitrogens with two attached hydrogens (primary N) is 1. The third-order valence-corrected chi connectivity index (χ3v) is 3.71. The minimum absolute atomic E-state index is 0.0695. The molecule has 0 bridgehead atoms. The molecule has 2 nitrogen and oxygen atoms in total. The maximum absolute atomic E-state index is 6.00. The Balaban J connectivity index is 2.42. The molecule has 102 valence electrons. The summed E-state index contributed by atoms with van der Waals surface area (Å²) < 4.78 is 1.16. The fourth-order valence-corrected chi connectivity index (χ4v) is 2.22. The van der Waals surface area contributed by atoms with E-state index in [-0.39, 0.29) is 5.54 Å². The standard InChI is InChI=1S/C15H25BrN2/c1-12-5-6-14(16)11-13(12)7-9-18(4)10-8-15(2,3)17/h5-6,11H,7-10,17H2,1-4H3. The van der Waals surface area contributed by atoms with Gasteiger partial charge < -0.3 is 10.6 Å². The number of rotatable bonds is 6. The van der Waals surface area contributed by atoms with Crippen molar-refractivity contribution in [1.29, 1.82) is 0 Å². The van der Waals surface area contributed by atoms with Gasteiger partial charge in [-0.05, 0) is 70.5 Å². The quantitative estimate of drug-likeness (QED) is 0.872. The molecule has 1 aromatic rings. The van der Waals surface area contributed by atoms with Gasteiger partial charge in [0.25, 0.3) is 0 Å². The van der Waals surface area contributed by atoms with Gasteiger partial charge in [-0.3, -0.25) is 0 Å². The van der Waals surface area contributed by atoms with Crippen molar-refractivity contribution in [2.24, 2.45) is 5.73 Å². The zero-order chi connectivity index (χ0) is 13.8. The maximum atomic E-state index is 6.00. The number of nitrogens with zero attached hydrogens (tertiary/aromatic N) is 1. The third-order valence-electron chi connectivity index (χ3n) is 3.21. The van der Waals surface area contributed by atoms with Crippen LogP contribution in [0.1, 0.15) is 31.4 Å². The van der Waals surface area contributed by atoms with Gasteiger partial charge in [-0.1, -0.05) is 22.0 Å². The van der Waals surface area contributed by atoms with Gasteiger partial charge in [0.2, 0.25) is 0 Å². The van der Waals surface area contributed by atoms with Crippen LogP contribution in [0, 0.1) is 6.92 Å². The van der Waals surface area contributed by atoms with Gasteiger partial charge in [-0.2, -0.15) is 0 Å². The molecule has 0 radical (unpaired) electrons. The highest BCUT2D eigenvalue weighted by molar-refractivity contribution is 9.10. The fourth-order valence-electron chi connectivity index (χ4n) is 1.81. The monoisotopic (exact) mass is 312 g/mol. The summed E-state index contributed by atoms with van der Waals surface area (Å²) in [6.45, 7) is 8.47. The number of likely N-dealkylation sites (N-methyl/N-ethyl adjacent to an activating group) is 1. The average Bonchev–Trinajstić information content (AvgIpc) is 2.26. The Hall–Kier alpha value is -0.380. The Labute approximate surface area is 120 Å². The predicted octanol–water partition coefficient (Wildman–Crippen LogP) is 3.36. The largest absolute Gasteiger partial charge is 0.326 e. The van der Waals surface area contributed by atoms with Crippen LogP contribution in [0.5, 0.6) is 0 Å². The van der Waals surface area contributed by atoms with Crippen LogP contribution >= 0.6 is 15.9 Å². The van der Waals surface area contributed by atoms with Crippen molar-refractivity contribution >= 4 is 15.9 Å². The van der Waals surface area contributed by atoms with Crippen LogP contribution in [-0.4, -0.2) is 30.6 Å². The second-order valence-electron chi connectivity index (χ2n) is 5.86. The van der Waals surface area contributed by atoms with E-state index in [1.807, 2.05) is 0 Å². The van der Waals surface area contributed by atoms with Gasteiger partial charge in [0.15, 0.2) is 0 Å². The van der Waals surface area contributed by atoms with Crippen LogP contribution in [0.4, 0.5) is 0 Å². The van der Waals surface area contributed by atoms with Crippen molar-refractivity contribution in [3.63, 3.8) is 0 Å². The van der Waals surface area contributed by atoms with Crippen molar-refractivity contribution in [2.75, 3.05) is 20.1 Å². The number of aryl methyl sites for hydroxylation is 1. The summed E-state index contributed by atoms with van der Waals surface area (Å²) in [5.41, 5.74) is 8.72. The van der Waals surface area contributed by atoms with Crippen molar-refractivity contribution in [1.82, 2.24) is 4.90 Å². The van der Waals surface area contributed by atoms with E-state index in [0.29, 0.717) is 0 Å². The van der Waals surface area contributed by atoms with Gasteiger partial charge in [0.05, 0.1) is 0 Å². The highest BCUT2D eigenvalue weighted by Crippen LogP contribution is 2.16. The molecule has 18 heavy (non-hydrogen) atoms. The lowest BCUT2D eigenvalue weighted by molar-refractivity contribution is 0.298. The van der Waals surface area contributed by atoms with Crippen LogP contribution < -0.4 is 5.73 Å². The molecule has 3 heteroatoms. The van der Waals surface area contributed by atoms with Crippen LogP contribution in [-0.2, 0) is 6.42 Å². The summed E-state index contributed by atoms with van der Waals surface area (Å²) in [5, 5.41) is 0. The molecule has 1 rings (SSSR count). The molecule has 0 saturated carbocycles. The van der Waals surface area contributed by atoms with Crippen LogP contribution in [0.25, 0.3) is 0 Å². The van der Waals surface area contributed by atoms with E-state index in [1.54, 1.807) is 0 Å². The first-order chi connectivity index (χ1) is 8.28. The van der Waals surface area contributed by atoms with Crippen LogP contribution in [0.3, 0.4) is 0 Å². The van der Waals surface area contributed by atoms with E-state index in [2.05, 4.69) is 66.8 Å². The normalized spacial score (nSPS) is 12.2. The molecule has 0 unspecified atom stereocenters. The van der Waals surface area contributed by atoms with E-state index in [9.17, 15) is 0 Å². The summed E-state index contributed by atoms with van der Waals surface area (Å²) in [4.78, 5) is 2.36. The van der Waals surface area contributed by atoms with Crippen molar-refractivity contribution in [2.45, 2.75) is 39.2 Å². The molecule has 0 fully saturated rings. The zero-order valence-electron chi connectivity index (χ0n) is 12.0. The lowest BCUT2D eigenvalue weighted by Gasteiger charge is -2.23. The first kappa shape index (κ1) is 15.7. The van der Waals surface area contributed by atoms with Crippen LogP contribution in [0.2, 0.25) is 0 Å². The zero-order valence-corrected chi connectivity index (χ0v) is 13.5. The van der Waals surface area contributed by atoms with Crippen molar-refractivity contribution in [3.8, 4) is 0 Å². The minimum atomic E-state index is -0.0695. The molecular weight excluding hydrogens is 288 g/mol. The molecule has 0 atom stereocenters. The molecule has 1 aromatic carbocycles. The van der Waals surface area contributed by atoms with Gasteiger partial charge >= 0.3 is 0 Å². The second-order valence-corrected chi connectivity index (χ2v) is 6.78. The lowest BCUT2D eigenvalue weighted by atomic mass is 10.0. The van der Waals surface area contributed by atoms with E-state index in [1.165, 1.54) is 11.1 Å². The molecule has 0 aliphatic carbocycles. The number of benzene rings is 1. The molecule has 0 aromatic heterocycles. The smallest absolute Gasteiger partial charge is 0.0178 e. The average molecular weight is 313 g/mol. The Morgan fingerprint density at radius 3 is 2.56 bits per heavy atom. The summed E-state index contributed by atoms with van der Waals surface area (Å²) in [7, 11) is 2.17. The number of hydrogen-bond acceptors (Lipinski definition) is 2. The molecule has 2 N–H and O–H groups in total. The highest BCUT2D eigenvalue weighted by atomic mass is 79.9. The topological polar surface area (TPSA) is 29.3 Å². The second kappa shape index (κ2) is 6.69. The van der Waals surface area contributed by atoms with E-state index >= 15 is 0 Å². The summed E-state index contributed by atoms with van der Waals surface area (Å²) in [6.07, 6.45) is 2.12. The Morgan fingerprint density at radius 2 is 1.94 bits per heavy atom. The first-order valence-electron chi connectivity index (χ1n) is 6.50. The van der Waals surface area contributed by atoms with Gasteiger partial charge in [-0.25, -0.2) is 0 Å². The predicted molar refractivity (Wildman–Crippen MR) is 83.0 cm³/mol. The SMILES string of the molecule is Cc1ccc(Br)cc1CCN(C)CCC(C)(C)N. The Kier molecular flexibility index (Phi) is 5.83. The van der Waals surface area contributed by atoms with Crippen molar-refractivity contribution in [3.05, 3.63) is 33.8 Å². The van der Waals surface area contributed by atoms with Gasteiger partial charge in [0.1, 0.15) is 0 Å². The first-order valence-corrected chi connectivity index (χ1v) is 7.30. The Morgan fingerprint density at radius 1 is 1.28 bits per heavy atom. The maximum Gasteiger partial charge on any atom is 0.0178 e. The van der Waals surface area contributed by atoms with E-state index in [0.717, 1.165) is 30.4 Å². The molecule has 0 aliphatic heterocycles. The molecule has 0 saturated heterocycles. The summed E-state index contributed by atoms with van der Waals surface area (Å²) in [5.74, 6) is 0. The highest BCUT2D eigenvalue weighted by Gasteiger charge is 2.11. The number of halogens is 1. The molecule has 0 aliphatic rings. The molecule has 0 amide bonds. The number of hydrogen-bond donors (Lipinski definition) is 1. The molecule has 0 spiro atoms. The van der Waals surface area contributed by atoms with E-state index < -0.39 is 0 Å². The summed E-state index contributed by atoms with van der Waals surface area (Å²) in [6, 6.07) is 6.48. The minimum Gasteiger partial charge on any atom is -0.326 e. The lowest BCUT2D eigenvalue weighted by Crippen LogP contribution is -2.36. The molecular formula is C15H25BrN2.